The zero-order valence-electron chi connectivity index (χ0n) is 9.65. The van der Waals surface area contributed by atoms with Crippen LogP contribution in [0.1, 0.15) is 20.8 Å². The maximum Gasteiger partial charge on any atom is 0.322 e. The first-order valence-electron chi connectivity index (χ1n) is 4.62. The fraction of sp³-hybridized carbons (Fsp3) is 0.778. The van der Waals surface area contributed by atoms with Gasteiger partial charge in [0.1, 0.15) is 12.1 Å². The Bertz CT molecular complexity index is 193. The first kappa shape index (κ1) is 16.3. The molecule has 6 heteroatoms. The zero-order chi connectivity index (χ0) is 12.4. The molecule has 15 heavy (non-hydrogen) atoms. The molecule has 0 aromatic carbocycles. The van der Waals surface area contributed by atoms with Crippen molar-refractivity contribution in [2.45, 2.75) is 32.9 Å². The van der Waals surface area contributed by atoms with E-state index in [2.05, 4.69) is 9.47 Å². The monoisotopic (exact) mass is 220 g/mol. The van der Waals surface area contributed by atoms with Crippen molar-refractivity contribution in [1.29, 1.82) is 0 Å². The predicted octanol–water partition coefficient (Wildman–Crippen LogP) is -0.597. The lowest BCUT2D eigenvalue weighted by Crippen LogP contribution is -2.28. The van der Waals surface area contributed by atoms with Crippen molar-refractivity contribution < 1.29 is 19.1 Å². The number of esters is 2. The van der Waals surface area contributed by atoms with Gasteiger partial charge in [-0.05, 0) is 20.8 Å². The Hall–Kier alpha value is -1.14. The lowest BCUT2D eigenvalue weighted by atomic mass is 10.4. The standard InChI is InChI=1S/C5H11NO2.C4H9NO2/c1-3-8-5(7)4(2)6;1-3(5)4(6)7-2/h4H,3,6H2,1-2H3;3H,5H2,1-2H3/t4-;3-/m11/s1. The Morgan fingerprint density at radius 1 is 1.13 bits per heavy atom. The highest BCUT2D eigenvalue weighted by Gasteiger charge is 2.05. The highest BCUT2D eigenvalue weighted by atomic mass is 16.5. The van der Waals surface area contributed by atoms with E-state index in [0.29, 0.717) is 6.61 Å². The van der Waals surface area contributed by atoms with Crippen molar-refractivity contribution in [1.82, 2.24) is 0 Å². The molecule has 0 fully saturated rings. The second-order valence-corrected chi connectivity index (χ2v) is 2.85. The minimum absolute atomic E-state index is 0.340. The first-order valence-corrected chi connectivity index (χ1v) is 4.62. The van der Waals surface area contributed by atoms with E-state index >= 15 is 0 Å². The van der Waals surface area contributed by atoms with Crippen molar-refractivity contribution >= 4 is 11.9 Å². The van der Waals surface area contributed by atoms with Crippen LogP contribution in [-0.4, -0.2) is 37.7 Å². The molecule has 4 N–H and O–H groups in total. The average molecular weight is 220 g/mol. The summed E-state index contributed by atoms with van der Waals surface area (Å²) in [5, 5.41) is 0. The van der Waals surface area contributed by atoms with Crippen LogP contribution in [-0.2, 0) is 19.1 Å². The van der Waals surface area contributed by atoms with Crippen LogP contribution in [0.4, 0.5) is 0 Å². The summed E-state index contributed by atoms with van der Waals surface area (Å²) in [5.74, 6) is -0.715. The number of methoxy groups -OCH3 is 1. The smallest absolute Gasteiger partial charge is 0.322 e. The second-order valence-electron chi connectivity index (χ2n) is 2.85. The van der Waals surface area contributed by atoms with Crippen molar-refractivity contribution in [2.24, 2.45) is 11.5 Å². The molecule has 0 aliphatic heterocycles. The largest absolute Gasteiger partial charge is 0.468 e. The van der Waals surface area contributed by atoms with E-state index in [4.69, 9.17) is 11.5 Å². The van der Waals surface area contributed by atoms with Crippen molar-refractivity contribution in [3.8, 4) is 0 Å². The van der Waals surface area contributed by atoms with Gasteiger partial charge in [-0.25, -0.2) is 0 Å². The summed E-state index contributed by atoms with van der Waals surface area (Å²) in [6, 6.07) is -0.986. The Balaban J connectivity index is 0. The molecule has 0 bridgehead atoms. The van der Waals surface area contributed by atoms with E-state index in [-0.39, 0.29) is 11.9 Å². The average Bonchev–Trinajstić information content (AvgIpc) is 2.17. The summed E-state index contributed by atoms with van der Waals surface area (Å²) in [4.78, 5) is 20.6. The number of ether oxygens (including phenoxy) is 2. The molecule has 6 nitrogen and oxygen atoms in total. The van der Waals surface area contributed by atoms with E-state index in [1.807, 2.05) is 0 Å². The SMILES string of the molecule is CCOC(=O)[C@@H](C)N.COC(=O)[C@@H](C)N. The zero-order valence-corrected chi connectivity index (χ0v) is 9.65. The number of hydrogen-bond donors (Lipinski definition) is 2. The fourth-order valence-electron chi connectivity index (χ4n) is 0.460. The number of hydrogen-bond acceptors (Lipinski definition) is 6. The molecule has 0 aromatic rings. The Morgan fingerprint density at radius 2 is 1.53 bits per heavy atom. The van der Waals surface area contributed by atoms with Gasteiger partial charge in [-0.1, -0.05) is 0 Å². The molecule has 0 radical (unpaired) electrons. The number of rotatable bonds is 3. The van der Waals surface area contributed by atoms with Crippen molar-refractivity contribution in [3.05, 3.63) is 0 Å². The summed E-state index contributed by atoms with van der Waals surface area (Å²) < 4.78 is 8.79. The molecular weight excluding hydrogens is 200 g/mol. The molecule has 0 unspecified atom stereocenters. The molecule has 90 valence electrons. The van der Waals surface area contributed by atoms with Crippen LogP contribution < -0.4 is 11.5 Å². The normalized spacial score (nSPS) is 12.9. The maximum absolute atomic E-state index is 10.4. The van der Waals surface area contributed by atoms with Gasteiger partial charge in [0.2, 0.25) is 0 Å². The quantitative estimate of drug-likeness (QED) is 0.615. The third kappa shape index (κ3) is 10.8. The number of nitrogens with two attached hydrogens (primary N) is 2. The summed E-state index contributed by atoms with van der Waals surface area (Å²) >= 11 is 0. The maximum atomic E-state index is 10.4. The predicted molar refractivity (Wildman–Crippen MR) is 55.9 cm³/mol. The molecule has 0 saturated carbocycles. The van der Waals surface area contributed by atoms with Gasteiger partial charge >= 0.3 is 11.9 Å². The lowest BCUT2D eigenvalue weighted by molar-refractivity contribution is -0.144. The van der Waals surface area contributed by atoms with Gasteiger partial charge in [-0.2, -0.15) is 0 Å². The van der Waals surface area contributed by atoms with Gasteiger partial charge in [0, 0.05) is 0 Å². The molecule has 0 aliphatic carbocycles. The summed E-state index contributed by atoms with van der Waals surface area (Å²) in [6.07, 6.45) is 0. The summed E-state index contributed by atoms with van der Waals surface area (Å²) in [7, 11) is 1.31. The highest BCUT2D eigenvalue weighted by Crippen LogP contribution is 1.80. The minimum Gasteiger partial charge on any atom is -0.468 e. The van der Waals surface area contributed by atoms with Crippen molar-refractivity contribution in [2.75, 3.05) is 13.7 Å². The van der Waals surface area contributed by atoms with Gasteiger partial charge in [0.15, 0.2) is 0 Å². The van der Waals surface area contributed by atoms with E-state index in [1.165, 1.54) is 7.11 Å². The summed E-state index contributed by atoms with van der Waals surface area (Å²) in [5.41, 5.74) is 10.2. The molecule has 0 heterocycles. The van der Waals surface area contributed by atoms with Crippen LogP contribution in [0.15, 0.2) is 0 Å². The Labute approximate surface area is 89.9 Å². The third-order valence-electron chi connectivity index (χ3n) is 1.23. The molecule has 0 saturated heterocycles. The van der Waals surface area contributed by atoms with Crippen LogP contribution in [0, 0.1) is 0 Å². The van der Waals surface area contributed by atoms with E-state index in [9.17, 15) is 9.59 Å². The van der Waals surface area contributed by atoms with Gasteiger partial charge < -0.3 is 20.9 Å². The molecule has 0 spiro atoms. The molecule has 0 rings (SSSR count). The van der Waals surface area contributed by atoms with Crippen LogP contribution in [0.3, 0.4) is 0 Å². The topological polar surface area (TPSA) is 105 Å². The summed E-state index contributed by atoms with van der Waals surface area (Å²) in [6.45, 7) is 5.32. The van der Waals surface area contributed by atoms with Gasteiger partial charge in [0.25, 0.3) is 0 Å². The van der Waals surface area contributed by atoms with E-state index < -0.39 is 12.1 Å². The Morgan fingerprint density at radius 3 is 1.60 bits per heavy atom. The van der Waals surface area contributed by atoms with Gasteiger partial charge in [0.05, 0.1) is 13.7 Å². The van der Waals surface area contributed by atoms with Crippen LogP contribution in [0.5, 0.6) is 0 Å². The second kappa shape index (κ2) is 9.42. The van der Waals surface area contributed by atoms with E-state index in [1.54, 1.807) is 20.8 Å². The number of carbonyl (C=O) groups excluding carboxylic acids is 2. The first-order chi connectivity index (χ1) is 6.86. The molecule has 0 aliphatic rings. The Kier molecular flexibility index (Phi) is 10.2. The number of carbonyl (C=O) groups is 2. The third-order valence-corrected chi connectivity index (χ3v) is 1.23. The molecular formula is C9H20N2O4. The van der Waals surface area contributed by atoms with E-state index in [0.717, 1.165) is 0 Å². The van der Waals surface area contributed by atoms with Gasteiger partial charge in [-0.15, -0.1) is 0 Å². The molecule has 2 atom stereocenters. The lowest BCUT2D eigenvalue weighted by Gasteiger charge is -2.02. The highest BCUT2D eigenvalue weighted by molar-refractivity contribution is 5.75. The fourth-order valence-corrected chi connectivity index (χ4v) is 0.460. The molecule has 0 aromatic heterocycles. The van der Waals surface area contributed by atoms with Crippen LogP contribution in [0.2, 0.25) is 0 Å². The van der Waals surface area contributed by atoms with Gasteiger partial charge in [-0.3, -0.25) is 9.59 Å². The van der Waals surface area contributed by atoms with Crippen molar-refractivity contribution in [3.63, 3.8) is 0 Å². The van der Waals surface area contributed by atoms with Crippen LogP contribution >= 0.6 is 0 Å². The molecule has 0 amide bonds. The van der Waals surface area contributed by atoms with Crippen LogP contribution in [0.25, 0.3) is 0 Å². The minimum atomic E-state index is -0.495.